The first-order valence-corrected chi connectivity index (χ1v) is 12.4. The van der Waals surface area contributed by atoms with Gasteiger partial charge in [0.1, 0.15) is 23.0 Å². The number of halogens is 2. The Morgan fingerprint density at radius 3 is 2.36 bits per heavy atom. The third kappa shape index (κ3) is 7.58. The van der Waals surface area contributed by atoms with E-state index >= 15 is 0 Å². The van der Waals surface area contributed by atoms with Crippen molar-refractivity contribution in [2.45, 2.75) is 91.1 Å². The third-order valence-corrected chi connectivity index (χ3v) is 6.35. The van der Waals surface area contributed by atoms with E-state index in [2.05, 4.69) is 20.1 Å². The lowest BCUT2D eigenvalue weighted by Crippen LogP contribution is -2.32. The highest BCUT2D eigenvalue weighted by Gasteiger charge is 2.29. The summed E-state index contributed by atoms with van der Waals surface area (Å²) in [5, 5.41) is 0. The van der Waals surface area contributed by atoms with Crippen molar-refractivity contribution in [3.05, 3.63) is 77.7 Å². The van der Waals surface area contributed by atoms with E-state index in [1.807, 2.05) is 31.7 Å². The maximum absolute atomic E-state index is 14.8. The number of hydrogen-bond acceptors (Lipinski definition) is 2. The van der Waals surface area contributed by atoms with Crippen LogP contribution in [0.2, 0.25) is 0 Å². The Kier molecular flexibility index (Phi) is 10.4. The summed E-state index contributed by atoms with van der Waals surface area (Å²) in [6.45, 7) is 16.7. The Labute approximate surface area is 199 Å². The molecular formula is C29H41F2NO. The van der Waals surface area contributed by atoms with E-state index in [1.165, 1.54) is 25.0 Å². The van der Waals surface area contributed by atoms with Crippen LogP contribution in [0.4, 0.5) is 8.78 Å². The van der Waals surface area contributed by atoms with Crippen molar-refractivity contribution in [2.24, 2.45) is 0 Å². The third-order valence-electron chi connectivity index (χ3n) is 6.35. The van der Waals surface area contributed by atoms with Crippen LogP contribution < -0.4 is 0 Å². The zero-order valence-corrected chi connectivity index (χ0v) is 21.0. The normalized spacial score (nSPS) is 17.9. The van der Waals surface area contributed by atoms with Crippen LogP contribution in [-0.4, -0.2) is 17.0 Å². The molecule has 2 aliphatic carbocycles. The summed E-state index contributed by atoms with van der Waals surface area (Å²) in [6.07, 6.45) is 12.1. The van der Waals surface area contributed by atoms with Gasteiger partial charge < -0.3 is 9.64 Å². The van der Waals surface area contributed by atoms with Gasteiger partial charge in [-0.2, -0.15) is 0 Å². The lowest BCUT2D eigenvalue weighted by molar-refractivity contribution is 0.000217. The highest BCUT2D eigenvalue weighted by molar-refractivity contribution is 5.67. The number of rotatable bonds is 7. The summed E-state index contributed by atoms with van der Waals surface area (Å²) < 4.78 is 35.4. The first-order valence-electron chi connectivity index (χ1n) is 12.4. The van der Waals surface area contributed by atoms with Gasteiger partial charge in [0.2, 0.25) is 0 Å². The zero-order chi connectivity index (χ0) is 24.4. The Hall–Kier alpha value is -2.36. The zero-order valence-electron chi connectivity index (χ0n) is 21.0. The molecule has 0 radical (unpaired) electrons. The number of ether oxygens (including phenoxy) is 1. The minimum Gasteiger partial charge on any atom is -0.491 e. The van der Waals surface area contributed by atoms with Crippen LogP contribution in [0.25, 0.3) is 5.70 Å². The van der Waals surface area contributed by atoms with E-state index in [1.54, 1.807) is 12.1 Å². The second-order valence-corrected chi connectivity index (χ2v) is 9.09. The average Bonchev–Trinajstić information content (AvgIpc) is 3.12. The fourth-order valence-corrected chi connectivity index (χ4v) is 4.66. The minimum atomic E-state index is -0.331. The number of nitrogens with zero attached hydrogens (tertiary/aromatic N) is 1. The molecule has 1 saturated carbocycles. The van der Waals surface area contributed by atoms with Crippen molar-refractivity contribution >= 4 is 5.70 Å². The second-order valence-electron chi connectivity index (χ2n) is 9.09. The van der Waals surface area contributed by atoms with Gasteiger partial charge in [0.05, 0.1) is 6.54 Å². The van der Waals surface area contributed by atoms with Gasteiger partial charge >= 0.3 is 0 Å². The fraction of sp³-hybridized carbons (Fsp3) is 0.517. The molecule has 0 atom stereocenters. The molecule has 4 heteroatoms. The van der Waals surface area contributed by atoms with Crippen molar-refractivity contribution in [2.75, 3.05) is 6.54 Å². The lowest BCUT2D eigenvalue weighted by atomic mass is 9.96. The summed E-state index contributed by atoms with van der Waals surface area (Å²) in [5.41, 5.74) is 2.28. The van der Waals surface area contributed by atoms with Gasteiger partial charge in [-0.3, -0.25) is 0 Å². The molecule has 0 spiro atoms. The monoisotopic (exact) mass is 457 g/mol. The molecule has 0 amide bonds. The van der Waals surface area contributed by atoms with Crippen molar-refractivity contribution in [3.63, 3.8) is 0 Å². The molecule has 1 aromatic carbocycles. The predicted molar refractivity (Wildman–Crippen MR) is 136 cm³/mol. The van der Waals surface area contributed by atoms with E-state index in [0.29, 0.717) is 36.4 Å². The van der Waals surface area contributed by atoms with E-state index in [9.17, 15) is 8.78 Å². The maximum atomic E-state index is 14.8. The summed E-state index contributed by atoms with van der Waals surface area (Å²) in [6, 6.07) is 4.99. The van der Waals surface area contributed by atoms with Crippen molar-refractivity contribution in [3.8, 4) is 0 Å². The van der Waals surface area contributed by atoms with Crippen LogP contribution in [0.5, 0.6) is 0 Å². The molecule has 0 bridgehead atoms. The summed E-state index contributed by atoms with van der Waals surface area (Å²) in [4.78, 5) is 1.88. The quantitative estimate of drug-likeness (QED) is 0.299. The van der Waals surface area contributed by atoms with Gasteiger partial charge in [-0.05, 0) is 82.6 Å². The molecule has 3 rings (SSSR count). The predicted octanol–water partition coefficient (Wildman–Crippen LogP) is 9.00. The number of hydrogen-bond donors (Lipinski definition) is 0. The van der Waals surface area contributed by atoms with Crippen LogP contribution in [0, 0.1) is 12.7 Å². The largest absolute Gasteiger partial charge is 0.491 e. The Balaban J connectivity index is 0.00000187. The molecule has 33 heavy (non-hydrogen) atoms. The van der Waals surface area contributed by atoms with Crippen molar-refractivity contribution < 1.29 is 13.5 Å². The van der Waals surface area contributed by atoms with Crippen LogP contribution >= 0.6 is 0 Å². The van der Waals surface area contributed by atoms with Crippen molar-refractivity contribution in [1.82, 2.24) is 4.90 Å². The standard InChI is InChI=1S/C27H35F2NO.C2H6/c1-20-12-11-15-25(29)26(20)22(3)30(24-14-8-7-13-23(28)18-24)19-21(2)31-27(4)16-9-5-6-10-17-27;1-2/h11-13,15,18H,2-3,5-10,14,16-17,19H2,1,4H3;1-2H3. The Bertz CT molecular complexity index is 855. The average molecular weight is 458 g/mol. The summed E-state index contributed by atoms with van der Waals surface area (Å²) in [5.74, 6) is 0.00869. The lowest BCUT2D eigenvalue weighted by Gasteiger charge is -2.35. The molecular weight excluding hydrogens is 416 g/mol. The van der Waals surface area contributed by atoms with Gasteiger partial charge in [-0.25, -0.2) is 8.78 Å². The molecule has 0 unspecified atom stereocenters. The smallest absolute Gasteiger partial charge is 0.132 e. The van der Waals surface area contributed by atoms with Crippen LogP contribution in [0.15, 0.2) is 60.8 Å². The fourth-order valence-electron chi connectivity index (χ4n) is 4.66. The molecule has 1 fully saturated rings. The van der Waals surface area contributed by atoms with Gasteiger partial charge in [0.25, 0.3) is 0 Å². The first-order chi connectivity index (χ1) is 15.8. The molecule has 0 N–H and O–H groups in total. The highest BCUT2D eigenvalue weighted by atomic mass is 19.1. The minimum absolute atomic E-state index is 0.239. The van der Waals surface area contributed by atoms with Gasteiger partial charge in [-0.15, -0.1) is 0 Å². The molecule has 2 aliphatic rings. The van der Waals surface area contributed by atoms with Crippen molar-refractivity contribution in [1.29, 1.82) is 0 Å². The molecule has 0 saturated heterocycles. The SMILES string of the molecule is C=C(CN(C(=C)c1c(C)cccc1F)C1=CC(F)=CCCC1)OC1(C)CCCCCC1.CC. The Morgan fingerprint density at radius 1 is 1.06 bits per heavy atom. The van der Waals surface area contributed by atoms with E-state index in [-0.39, 0.29) is 17.2 Å². The first kappa shape index (κ1) is 26.9. The van der Waals surface area contributed by atoms with Crippen LogP contribution in [0.3, 0.4) is 0 Å². The number of allylic oxidation sites excluding steroid dienone is 4. The maximum Gasteiger partial charge on any atom is 0.132 e. The molecule has 182 valence electrons. The van der Waals surface area contributed by atoms with Gasteiger partial charge in [0, 0.05) is 17.0 Å². The number of aryl methyl sites for hydroxylation is 1. The topological polar surface area (TPSA) is 12.5 Å². The van der Waals surface area contributed by atoms with E-state index in [0.717, 1.165) is 43.4 Å². The molecule has 1 aromatic rings. The summed E-state index contributed by atoms with van der Waals surface area (Å²) >= 11 is 0. The molecule has 0 aromatic heterocycles. The molecule has 0 heterocycles. The van der Waals surface area contributed by atoms with Gasteiger partial charge in [0.15, 0.2) is 0 Å². The second kappa shape index (κ2) is 12.8. The Morgan fingerprint density at radius 2 is 1.73 bits per heavy atom. The van der Waals surface area contributed by atoms with Crippen LogP contribution in [-0.2, 0) is 4.74 Å². The van der Waals surface area contributed by atoms with E-state index in [4.69, 9.17) is 4.74 Å². The van der Waals surface area contributed by atoms with Crippen LogP contribution in [0.1, 0.15) is 89.7 Å². The summed E-state index contributed by atoms with van der Waals surface area (Å²) in [7, 11) is 0. The number of benzene rings is 1. The molecule has 2 nitrogen and oxygen atoms in total. The molecule has 0 aliphatic heterocycles. The highest BCUT2D eigenvalue weighted by Crippen LogP contribution is 2.35. The van der Waals surface area contributed by atoms with E-state index < -0.39 is 0 Å². The van der Waals surface area contributed by atoms with Gasteiger partial charge in [-0.1, -0.05) is 52.0 Å².